The zero-order chi connectivity index (χ0) is 19.6. The zero-order valence-corrected chi connectivity index (χ0v) is 19.2. The van der Waals surface area contributed by atoms with Gasteiger partial charge in [0.15, 0.2) is 5.96 Å². The van der Waals surface area contributed by atoms with E-state index in [1.54, 1.807) is 33.2 Å². The summed E-state index contributed by atoms with van der Waals surface area (Å²) in [5.41, 5.74) is 4.09. The van der Waals surface area contributed by atoms with Crippen molar-refractivity contribution in [1.82, 2.24) is 15.5 Å². The molecule has 0 bridgehead atoms. The Kier molecular flexibility index (Phi) is 10.5. The smallest absolute Gasteiger partial charge is 0.253 e. The van der Waals surface area contributed by atoms with Gasteiger partial charge in [0, 0.05) is 46.9 Å². The molecule has 0 spiro atoms. The van der Waals surface area contributed by atoms with Gasteiger partial charge in [-0.3, -0.25) is 9.79 Å². The number of nitrogens with zero attached hydrogens (tertiary/aromatic N) is 2. The molecule has 2 aromatic rings. The number of carbonyl (C=O) groups excluding carboxylic acids is 1. The monoisotopic (exact) mass is 496 g/mol. The first-order valence-electron chi connectivity index (χ1n) is 8.85. The summed E-state index contributed by atoms with van der Waals surface area (Å²) in [5, 5.41) is 6.58. The molecule has 6 nitrogen and oxygen atoms in total. The van der Waals surface area contributed by atoms with Crippen molar-refractivity contribution in [2.45, 2.75) is 19.7 Å². The fourth-order valence-corrected chi connectivity index (χ4v) is 2.54. The number of methoxy groups -OCH3 is 1. The summed E-state index contributed by atoms with van der Waals surface area (Å²) < 4.78 is 5.12. The van der Waals surface area contributed by atoms with Crippen molar-refractivity contribution >= 4 is 35.8 Å². The molecule has 0 atom stereocenters. The van der Waals surface area contributed by atoms with Crippen molar-refractivity contribution in [2.75, 3.05) is 28.3 Å². The largest absolute Gasteiger partial charge is 0.380 e. The van der Waals surface area contributed by atoms with Crippen LogP contribution in [0.4, 0.5) is 0 Å². The second kappa shape index (κ2) is 12.4. The van der Waals surface area contributed by atoms with Crippen LogP contribution in [0.15, 0.2) is 53.5 Å². The maximum atomic E-state index is 11.9. The third kappa shape index (κ3) is 7.47. The molecule has 152 valence electrons. The summed E-state index contributed by atoms with van der Waals surface area (Å²) in [6, 6.07) is 15.9. The van der Waals surface area contributed by atoms with Crippen LogP contribution in [0.25, 0.3) is 0 Å². The first-order chi connectivity index (χ1) is 13.0. The molecule has 28 heavy (non-hydrogen) atoms. The van der Waals surface area contributed by atoms with Gasteiger partial charge in [-0.05, 0) is 28.8 Å². The van der Waals surface area contributed by atoms with Crippen molar-refractivity contribution in [2.24, 2.45) is 4.99 Å². The maximum absolute atomic E-state index is 11.9. The van der Waals surface area contributed by atoms with Gasteiger partial charge < -0.3 is 20.3 Å². The van der Waals surface area contributed by atoms with Crippen molar-refractivity contribution in [1.29, 1.82) is 0 Å². The van der Waals surface area contributed by atoms with Gasteiger partial charge in [0.25, 0.3) is 5.91 Å². The standard InChI is InChI=1S/C21H28N4O2.HI/c1-22-21(23-13-16-5-7-18(8-6-16)15-27-4)24-14-17-9-11-19(12-10-17)20(26)25(2)3;/h5-12H,13-15H2,1-4H3,(H2,22,23,24);1H. The molecule has 0 saturated carbocycles. The van der Waals surface area contributed by atoms with E-state index in [2.05, 4.69) is 39.9 Å². The number of carbonyl (C=O) groups is 1. The molecule has 0 saturated heterocycles. The predicted octanol–water partition coefficient (Wildman–Crippen LogP) is 3.02. The number of halogens is 1. The summed E-state index contributed by atoms with van der Waals surface area (Å²) in [7, 11) is 6.94. The predicted molar refractivity (Wildman–Crippen MR) is 124 cm³/mol. The van der Waals surface area contributed by atoms with Crippen LogP contribution in [0.5, 0.6) is 0 Å². The van der Waals surface area contributed by atoms with Crippen LogP contribution in [0.1, 0.15) is 27.0 Å². The molecule has 0 aliphatic carbocycles. The van der Waals surface area contributed by atoms with Gasteiger partial charge in [-0.15, -0.1) is 24.0 Å². The number of hydrogen-bond acceptors (Lipinski definition) is 3. The molecule has 1 amide bonds. The molecule has 0 heterocycles. The number of amides is 1. The van der Waals surface area contributed by atoms with Crippen molar-refractivity contribution < 1.29 is 9.53 Å². The lowest BCUT2D eigenvalue weighted by Crippen LogP contribution is -2.36. The highest BCUT2D eigenvalue weighted by molar-refractivity contribution is 14.0. The fourth-order valence-electron chi connectivity index (χ4n) is 2.54. The van der Waals surface area contributed by atoms with E-state index < -0.39 is 0 Å². The van der Waals surface area contributed by atoms with E-state index >= 15 is 0 Å². The van der Waals surface area contributed by atoms with E-state index in [1.165, 1.54) is 5.56 Å². The fraction of sp³-hybridized carbons (Fsp3) is 0.333. The molecule has 0 aliphatic rings. The Morgan fingerprint density at radius 1 is 0.929 bits per heavy atom. The van der Waals surface area contributed by atoms with Gasteiger partial charge in [0.2, 0.25) is 0 Å². The first-order valence-corrected chi connectivity index (χ1v) is 8.85. The quantitative estimate of drug-likeness (QED) is 0.352. The molecule has 7 heteroatoms. The highest BCUT2D eigenvalue weighted by atomic mass is 127. The average Bonchev–Trinajstić information content (AvgIpc) is 2.69. The Morgan fingerprint density at radius 2 is 1.39 bits per heavy atom. The molecule has 0 aliphatic heterocycles. The minimum Gasteiger partial charge on any atom is -0.380 e. The molecule has 0 aromatic heterocycles. The second-order valence-corrected chi connectivity index (χ2v) is 6.43. The minimum atomic E-state index is 0. The number of rotatable bonds is 7. The Balaban J connectivity index is 0.00000392. The molecule has 0 unspecified atom stereocenters. The Hall–Kier alpha value is -2.13. The number of benzene rings is 2. The van der Waals surface area contributed by atoms with Crippen LogP contribution in [0, 0.1) is 0 Å². The SMILES string of the molecule is CN=C(NCc1ccc(COC)cc1)NCc1ccc(C(=O)N(C)C)cc1.I. The Bertz CT molecular complexity index is 759. The zero-order valence-electron chi connectivity index (χ0n) is 16.9. The average molecular weight is 496 g/mol. The minimum absolute atomic E-state index is 0. The van der Waals surface area contributed by atoms with Gasteiger partial charge in [-0.2, -0.15) is 0 Å². The lowest BCUT2D eigenvalue weighted by atomic mass is 10.1. The number of hydrogen-bond donors (Lipinski definition) is 2. The number of guanidine groups is 1. The number of aliphatic imine (C=N–C) groups is 1. The molecule has 2 aromatic carbocycles. The van der Waals surface area contributed by atoms with E-state index in [9.17, 15) is 4.79 Å². The van der Waals surface area contributed by atoms with E-state index in [1.807, 2.05) is 24.3 Å². The van der Waals surface area contributed by atoms with Gasteiger partial charge >= 0.3 is 0 Å². The Morgan fingerprint density at radius 3 is 1.82 bits per heavy atom. The summed E-state index contributed by atoms with van der Waals surface area (Å²) in [6.07, 6.45) is 0. The topological polar surface area (TPSA) is 66.0 Å². The second-order valence-electron chi connectivity index (χ2n) is 6.43. The van der Waals surface area contributed by atoms with Crippen molar-refractivity contribution in [3.05, 3.63) is 70.8 Å². The highest BCUT2D eigenvalue weighted by Crippen LogP contribution is 2.07. The van der Waals surface area contributed by atoms with Gasteiger partial charge in [0.1, 0.15) is 0 Å². The summed E-state index contributed by atoms with van der Waals surface area (Å²) in [6.45, 7) is 1.93. The van der Waals surface area contributed by atoms with Crippen LogP contribution >= 0.6 is 24.0 Å². The molecule has 0 fully saturated rings. The van der Waals surface area contributed by atoms with E-state index in [0.29, 0.717) is 25.3 Å². The van der Waals surface area contributed by atoms with Crippen LogP contribution in [0.2, 0.25) is 0 Å². The third-order valence-corrected chi connectivity index (χ3v) is 4.08. The van der Waals surface area contributed by atoms with Crippen LogP contribution in [0.3, 0.4) is 0 Å². The molecule has 0 radical (unpaired) electrons. The first kappa shape index (κ1) is 23.9. The lowest BCUT2D eigenvalue weighted by molar-refractivity contribution is 0.0827. The molecular weight excluding hydrogens is 467 g/mol. The molecule has 2 N–H and O–H groups in total. The van der Waals surface area contributed by atoms with Crippen molar-refractivity contribution in [3.8, 4) is 0 Å². The maximum Gasteiger partial charge on any atom is 0.253 e. The summed E-state index contributed by atoms with van der Waals surface area (Å²) >= 11 is 0. The Labute approximate surface area is 184 Å². The molecule has 2 rings (SSSR count). The third-order valence-electron chi connectivity index (χ3n) is 4.08. The van der Waals surface area contributed by atoms with Crippen LogP contribution in [-0.4, -0.2) is 45.0 Å². The highest BCUT2D eigenvalue weighted by Gasteiger charge is 2.07. The van der Waals surface area contributed by atoms with E-state index in [4.69, 9.17) is 4.74 Å². The number of nitrogens with one attached hydrogen (secondary N) is 2. The van der Waals surface area contributed by atoms with Crippen LogP contribution in [-0.2, 0) is 24.4 Å². The van der Waals surface area contributed by atoms with Gasteiger partial charge in [0.05, 0.1) is 6.61 Å². The number of ether oxygens (including phenoxy) is 1. The summed E-state index contributed by atoms with van der Waals surface area (Å²) in [4.78, 5) is 17.7. The van der Waals surface area contributed by atoms with Gasteiger partial charge in [-0.25, -0.2) is 0 Å². The molecular formula is C21H29IN4O2. The van der Waals surface area contributed by atoms with E-state index in [-0.39, 0.29) is 29.9 Å². The van der Waals surface area contributed by atoms with Crippen LogP contribution < -0.4 is 10.6 Å². The normalized spacial score (nSPS) is 10.8. The van der Waals surface area contributed by atoms with Gasteiger partial charge in [-0.1, -0.05) is 36.4 Å². The lowest BCUT2D eigenvalue weighted by Gasteiger charge is -2.13. The summed E-state index contributed by atoms with van der Waals surface area (Å²) in [5.74, 6) is 0.730. The van der Waals surface area contributed by atoms with Crippen molar-refractivity contribution in [3.63, 3.8) is 0 Å². The van der Waals surface area contributed by atoms with E-state index in [0.717, 1.165) is 17.1 Å².